The summed E-state index contributed by atoms with van der Waals surface area (Å²) in [5, 5.41) is 22.5. The Labute approximate surface area is 117 Å². The van der Waals surface area contributed by atoms with E-state index in [-0.39, 0.29) is 18.1 Å². The number of nitrogens with one attached hydrogen (secondary N) is 1. The Morgan fingerprint density at radius 2 is 2.10 bits per heavy atom. The Hall–Kier alpha value is -2.21. The minimum atomic E-state index is -0.531. The lowest BCUT2D eigenvalue weighted by Crippen LogP contribution is -2.30. The lowest BCUT2D eigenvalue weighted by molar-refractivity contribution is -0.384. The minimum absolute atomic E-state index is 0.00860. The number of hydrogen-bond donors (Lipinski definition) is 2. The fraction of sp³-hybridized carbons (Fsp3) is 0.357. The fourth-order valence-corrected chi connectivity index (χ4v) is 1.59. The molecule has 0 aromatic heterocycles. The molecule has 0 bridgehead atoms. The van der Waals surface area contributed by atoms with E-state index >= 15 is 0 Å². The van der Waals surface area contributed by atoms with Crippen LogP contribution >= 0.6 is 0 Å². The highest BCUT2D eigenvalue weighted by Gasteiger charge is 2.04. The molecule has 20 heavy (non-hydrogen) atoms. The second-order valence-electron chi connectivity index (χ2n) is 4.37. The molecular formula is C14H18N2O4. The number of nitro groups is 1. The largest absolute Gasteiger partial charge is 0.391 e. The van der Waals surface area contributed by atoms with Gasteiger partial charge in [0.2, 0.25) is 5.91 Å². The van der Waals surface area contributed by atoms with Gasteiger partial charge < -0.3 is 10.4 Å². The highest BCUT2D eigenvalue weighted by atomic mass is 16.6. The van der Waals surface area contributed by atoms with Gasteiger partial charge in [-0.2, -0.15) is 0 Å². The van der Waals surface area contributed by atoms with Crippen LogP contribution in [0.4, 0.5) is 5.69 Å². The van der Waals surface area contributed by atoms with Crippen molar-refractivity contribution in [1.29, 1.82) is 0 Å². The number of rotatable bonds is 7. The molecule has 0 saturated heterocycles. The first-order valence-electron chi connectivity index (χ1n) is 6.41. The first kappa shape index (κ1) is 15.8. The molecule has 0 aliphatic heterocycles. The van der Waals surface area contributed by atoms with Crippen LogP contribution in [0.25, 0.3) is 6.08 Å². The van der Waals surface area contributed by atoms with Crippen LogP contribution in [0.5, 0.6) is 0 Å². The van der Waals surface area contributed by atoms with Gasteiger partial charge in [-0.1, -0.05) is 13.3 Å². The van der Waals surface area contributed by atoms with E-state index < -0.39 is 11.0 Å². The standard InChI is InChI=1S/C14H18N2O4/c1-2-3-13(17)10-15-14(18)9-6-11-4-7-12(8-5-11)16(19)20/h4-9,13,17H,2-3,10H2,1H3,(H,15,18)/b9-6+. The molecule has 0 radical (unpaired) electrons. The van der Waals surface area contributed by atoms with Crippen molar-refractivity contribution in [2.24, 2.45) is 0 Å². The molecule has 2 N–H and O–H groups in total. The van der Waals surface area contributed by atoms with Crippen molar-refractivity contribution in [3.63, 3.8) is 0 Å². The van der Waals surface area contributed by atoms with Gasteiger partial charge in [0.15, 0.2) is 0 Å². The summed E-state index contributed by atoms with van der Waals surface area (Å²) in [6, 6.07) is 5.88. The molecule has 0 spiro atoms. The summed E-state index contributed by atoms with van der Waals surface area (Å²) in [4.78, 5) is 21.5. The summed E-state index contributed by atoms with van der Waals surface area (Å²) in [6.45, 7) is 2.18. The number of nitrogens with zero attached hydrogens (tertiary/aromatic N) is 1. The van der Waals surface area contributed by atoms with Crippen molar-refractivity contribution in [3.05, 3.63) is 46.0 Å². The highest BCUT2D eigenvalue weighted by Crippen LogP contribution is 2.12. The first-order chi connectivity index (χ1) is 9.52. The average Bonchev–Trinajstić information content (AvgIpc) is 2.43. The van der Waals surface area contributed by atoms with Crippen molar-refractivity contribution in [3.8, 4) is 0 Å². The van der Waals surface area contributed by atoms with E-state index in [1.165, 1.54) is 18.2 Å². The smallest absolute Gasteiger partial charge is 0.269 e. The number of aliphatic hydroxyl groups is 1. The summed E-state index contributed by atoms with van der Waals surface area (Å²) in [7, 11) is 0. The van der Waals surface area contributed by atoms with Crippen LogP contribution in [0.1, 0.15) is 25.3 Å². The van der Waals surface area contributed by atoms with E-state index in [1.807, 2.05) is 6.92 Å². The van der Waals surface area contributed by atoms with E-state index in [4.69, 9.17) is 0 Å². The average molecular weight is 278 g/mol. The molecular weight excluding hydrogens is 260 g/mol. The molecule has 0 heterocycles. The highest BCUT2D eigenvalue weighted by molar-refractivity contribution is 5.91. The Bertz CT molecular complexity index is 482. The lowest BCUT2D eigenvalue weighted by Gasteiger charge is -2.08. The summed E-state index contributed by atoms with van der Waals surface area (Å²) in [5.74, 6) is -0.307. The number of amides is 1. The van der Waals surface area contributed by atoms with Gasteiger partial charge in [0.05, 0.1) is 11.0 Å². The normalized spacial score (nSPS) is 12.3. The molecule has 1 aromatic rings. The Morgan fingerprint density at radius 3 is 2.65 bits per heavy atom. The molecule has 0 saturated carbocycles. The zero-order chi connectivity index (χ0) is 15.0. The molecule has 1 unspecified atom stereocenters. The van der Waals surface area contributed by atoms with Crippen LogP contribution in [0.3, 0.4) is 0 Å². The fourth-order valence-electron chi connectivity index (χ4n) is 1.59. The molecule has 0 fully saturated rings. The van der Waals surface area contributed by atoms with Gasteiger partial charge in [-0.05, 0) is 30.2 Å². The first-order valence-corrected chi connectivity index (χ1v) is 6.41. The maximum Gasteiger partial charge on any atom is 0.269 e. The number of nitro benzene ring substituents is 1. The molecule has 6 nitrogen and oxygen atoms in total. The van der Waals surface area contributed by atoms with Crippen molar-refractivity contribution in [1.82, 2.24) is 5.32 Å². The number of non-ortho nitro benzene ring substituents is 1. The topological polar surface area (TPSA) is 92.5 Å². The van der Waals surface area contributed by atoms with Gasteiger partial charge in [0.1, 0.15) is 0 Å². The summed E-state index contributed by atoms with van der Waals surface area (Å²) in [6.07, 6.45) is 3.87. The predicted molar refractivity (Wildman–Crippen MR) is 76.1 cm³/mol. The molecule has 0 aliphatic carbocycles. The van der Waals surface area contributed by atoms with Crippen LogP contribution in [-0.4, -0.2) is 28.6 Å². The third-order valence-corrected chi connectivity index (χ3v) is 2.66. The van der Waals surface area contributed by atoms with Gasteiger partial charge >= 0.3 is 0 Å². The quantitative estimate of drug-likeness (QED) is 0.452. The Kier molecular flexibility index (Phi) is 6.39. The Morgan fingerprint density at radius 1 is 1.45 bits per heavy atom. The van der Waals surface area contributed by atoms with E-state index in [0.29, 0.717) is 12.0 Å². The van der Waals surface area contributed by atoms with Gasteiger partial charge in [0.25, 0.3) is 5.69 Å². The summed E-state index contributed by atoms with van der Waals surface area (Å²) in [5.41, 5.74) is 0.703. The second kappa shape index (κ2) is 8.06. The summed E-state index contributed by atoms with van der Waals surface area (Å²) >= 11 is 0. The molecule has 1 aromatic carbocycles. The van der Waals surface area contributed by atoms with E-state index in [0.717, 1.165) is 6.42 Å². The maximum atomic E-state index is 11.5. The van der Waals surface area contributed by atoms with Crippen LogP contribution in [0.2, 0.25) is 0 Å². The minimum Gasteiger partial charge on any atom is -0.391 e. The molecule has 1 amide bonds. The van der Waals surface area contributed by atoms with Crippen LogP contribution < -0.4 is 5.32 Å². The SMILES string of the molecule is CCCC(O)CNC(=O)/C=C/c1ccc([N+](=O)[O-])cc1. The predicted octanol–water partition coefficient (Wildman–Crippen LogP) is 1.89. The van der Waals surface area contributed by atoms with Crippen LogP contribution in [0.15, 0.2) is 30.3 Å². The van der Waals surface area contributed by atoms with E-state index in [2.05, 4.69) is 5.32 Å². The van der Waals surface area contributed by atoms with Gasteiger partial charge in [-0.25, -0.2) is 0 Å². The maximum absolute atomic E-state index is 11.5. The van der Waals surface area contributed by atoms with Crippen molar-refractivity contribution in [2.45, 2.75) is 25.9 Å². The number of carbonyl (C=O) groups is 1. The zero-order valence-electron chi connectivity index (χ0n) is 11.3. The van der Waals surface area contributed by atoms with Crippen molar-refractivity contribution >= 4 is 17.7 Å². The van der Waals surface area contributed by atoms with Gasteiger partial charge in [-0.15, -0.1) is 0 Å². The van der Waals surface area contributed by atoms with Crippen LogP contribution in [-0.2, 0) is 4.79 Å². The number of benzene rings is 1. The molecule has 0 aliphatic rings. The van der Waals surface area contributed by atoms with Crippen molar-refractivity contribution in [2.75, 3.05) is 6.54 Å². The third-order valence-electron chi connectivity index (χ3n) is 2.66. The second-order valence-corrected chi connectivity index (χ2v) is 4.37. The van der Waals surface area contributed by atoms with E-state index in [1.54, 1.807) is 18.2 Å². The van der Waals surface area contributed by atoms with Gasteiger partial charge in [0, 0.05) is 24.8 Å². The van der Waals surface area contributed by atoms with E-state index in [9.17, 15) is 20.0 Å². The lowest BCUT2D eigenvalue weighted by atomic mass is 10.2. The number of aliphatic hydroxyl groups excluding tert-OH is 1. The molecule has 1 rings (SSSR count). The number of carbonyl (C=O) groups excluding carboxylic acids is 1. The molecule has 1 atom stereocenters. The van der Waals surface area contributed by atoms with Gasteiger partial charge in [-0.3, -0.25) is 14.9 Å². The van der Waals surface area contributed by atoms with Crippen molar-refractivity contribution < 1.29 is 14.8 Å². The Balaban J connectivity index is 2.46. The zero-order valence-corrected chi connectivity index (χ0v) is 11.3. The monoisotopic (exact) mass is 278 g/mol. The number of hydrogen-bond acceptors (Lipinski definition) is 4. The van der Waals surface area contributed by atoms with Crippen LogP contribution in [0, 0.1) is 10.1 Å². The molecule has 108 valence electrons. The summed E-state index contributed by atoms with van der Waals surface area (Å²) < 4.78 is 0. The molecule has 6 heteroatoms. The third kappa shape index (κ3) is 5.62.